The fourth-order valence-corrected chi connectivity index (χ4v) is 1.92. The lowest BCUT2D eigenvalue weighted by Crippen LogP contribution is -2.11. The maximum atomic E-state index is 6.22. The number of hydrogen-bond donors (Lipinski definition) is 1. The van der Waals surface area contributed by atoms with Crippen molar-refractivity contribution in [1.82, 2.24) is 0 Å². The first-order valence-electron chi connectivity index (χ1n) is 4.53. The van der Waals surface area contributed by atoms with Crippen molar-refractivity contribution in [3.8, 4) is 0 Å². The second-order valence-corrected chi connectivity index (χ2v) is 3.94. The highest BCUT2D eigenvalue weighted by Crippen LogP contribution is 2.29. The van der Waals surface area contributed by atoms with E-state index >= 15 is 0 Å². The van der Waals surface area contributed by atoms with Gasteiger partial charge in [-0.25, -0.2) is 0 Å². The van der Waals surface area contributed by atoms with Crippen molar-refractivity contribution in [2.45, 2.75) is 26.7 Å². The second-order valence-electron chi connectivity index (χ2n) is 3.56. The van der Waals surface area contributed by atoms with E-state index in [9.17, 15) is 0 Å². The van der Waals surface area contributed by atoms with E-state index in [4.69, 9.17) is 17.3 Å². The standard InChI is InChI=1S/C11H16ClN/c1-7-4-5-8(2)11(12)10(7)9(3)6-13/h4-5,9H,6,13H2,1-3H3. The molecule has 1 aromatic carbocycles. The SMILES string of the molecule is Cc1ccc(C)c(C(C)CN)c1Cl. The molecule has 1 nitrogen and oxygen atoms in total. The van der Waals surface area contributed by atoms with Gasteiger partial charge in [0.2, 0.25) is 0 Å². The Hall–Kier alpha value is -0.530. The van der Waals surface area contributed by atoms with E-state index in [0.717, 1.165) is 10.6 Å². The summed E-state index contributed by atoms with van der Waals surface area (Å²) in [7, 11) is 0. The number of aryl methyl sites for hydroxylation is 2. The highest BCUT2D eigenvalue weighted by molar-refractivity contribution is 6.32. The molecular weight excluding hydrogens is 182 g/mol. The lowest BCUT2D eigenvalue weighted by molar-refractivity contribution is 0.767. The molecule has 1 rings (SSSR count). The third-order valence-corrected chi connectivity index (χ3v) is 2.94. The molecule has 0 heterocycles. The lowest BCUT2D eigenvalue weighted by Gasteiger charge is -2.15. The lowest BCUT2D eigenvalue weighted by atomic mass is 9.94. The quantitative estimate of drug-likeness (QED) is 0.775. The molecule has 0 aliphatic carbocycles. The number of rotatable bonds is 2. The average Bonchev–Trinajstić information content (AvgIpc) is 2.12. The van der Waals surface area contributed by atoms with Crippen molar-refractivity contribution in [3.63, 3.8) is 0 Å². The summed E-state index contributed by atoms with van der Waals surface area (Å²) < 4.78 is 0. The van der Waals surface area contributed by atoms with Gasteiger partial charge in [0.1, 0.15) is 0 Å². The molecule has 0 aliphatic heterocycles. The van der Waals surface area contributed by atoms with Gasteiger partial charge in [-0.15, -0.1) is 0 Å². The van der Waals surface area contributed by atoms with Gasteiger partial charge in [0.15, 0.2) is 0 Å². The maximum Gasteiger partial charge on any atom is 0.0473 e. The zero-order valence-electron chi connectivity index (χ0n) is 8.39. The smallest absolute Gasteiger partial charge is 0.0473 e. The molecule has 1 unspecified atom stereocenters. The third-order valence-electron chi connectivity index (χ3n) is 2.44. The van der Waals surface area contributed by atoms with Crippen molar-refractivity contribution in [3.05, 3.63) is 33.8 Å². The van der Waals surface area contributed by atoms with Crippen molar-refractivity contribution in [2.75, 3.05) is 6.54 Å². The number of nitrogens with two attached hydrogens (primary N) is 1. The summed E-state index contributed by atoms with van der Waals surface area (Å²) in [6, 6.07) is 4.15. The average molecular weight is 198 g/mol. The van der Waals surface area contributed by atoms with Gasteiger partial charge in [0.25, 0.3) is 0 Å². The molecule has 1 aromatic rings. The Morgan fingerprint density at radius 2 is 1.85 bits per heavy atom. The van der Waals surface area contributed by atoms with E-state index in [1.165, 1.54) is 11.1 Å². The van der Waals surface area contributed by atoms with Gasteiger partial charge in [0, 0.05) is 5.02 Å². The molecule has 0 aromatic heterocycles. The van der Waals surface area contributed by atoms with Crippen molar-refractivity contribution in [1.29, 1.82) is 0 Å². The van der Waals surface area contributed by atoms with E-state index < -0.39 is 0 Å². The molecule has 0 saturated carbocycles. The molecule has 0 amide bonds. The fraction of sp³-hybridized carbons (Fsp3) is 0.455. The molecule has 0 bridgehead atoms. The van der Waals surface area contributed by atoms with Crippen molar-refractivity contribution in [2.24, 2.45) is 5.73 Å². The van der Waals surface area contributed by atoms with Crippen molar-refractivity contribution >= 4 is 11.6 Å². The minimum atomic E-state index is 0.340. The second kappa shape index (κ2) is 4.12. The van der Waals surface area contributed by atoms with Crippen LogP contribution in [0.5, 0.6) is 0 Å². The van der Waals surface area contributed by atoms with Crippen LogP contribution in [0.4, 0.5) is 0 Å². The Morgan fingerprint density at radius 1 is 1.31 bits per heavy atom. The predicted molar refractivity (Wildman–Crippen MR) is 58.4 cm³/mol. The highest BCUT2D eigenvalue weighted by atomic mass is 35.5. The Kier molecular flexibility index (Phi) is 3.34. The number of benzene rings is 1. The van der Waals surface area contributed by atoms with Gasteiger partial charge in [0.05, 0.1) is 0 Å². The molecule has 13 heavy (non-hydrogen) atoms. The van der Waals surface area contributed by atoms with Crippen LogP contribution in [-0.4, -0.2) is 6.54 Å². The summed E-state index contributed by atoms with van der Waals surface area (Å²) in [6.45, 7) is 6.85. The number of halogens is 1. The normalized spacial score (nSPS) is 13.0. The summed E-state index contributed by atoms with van der Waals surface area (Å²) in [5.74, 6) is 0.340. The van der Waals surface area contributed by atoms with Crippen LogP contribution in [-0.2, 0) is 0 Å². The van der Waals surface area contributed by atoms with Crippen LogP contribution in [0.15, 0.2) is 12.1 Å². The molecule has 0 radical (unpaired) electrons. The van der Waals surface area contributed by atoms with Gasteiger partial charge in [-0.05, 0) is 43.0 Å². The topological polar surface area (TPSA) is 26.0 Å². The fourth-order valence-electron chi connectivity index (χ4n) is 1.52. The van der Waals surface area contributed by atoms with Gasteiger partial charge < -0.3 is 5.73 Å². The minimum absolute atomic E-state index is 0.340. The van der Waals surface area contributed by atoms with Gasteiger partial charge in [-0.2, -0.15) is 0 Å². The van der Waals surface area contributed by atoms with E-state index in [2.05, 4.69) is 19.9 Å². The summed E-state index contributed by atoms with van der Waals surface area (Å²) in [5, 5.41) is 0.873. The third kappa shape index (κ3) is 2.04. The Bertz CT molecular complexity index is 307. The van der Waals surface area contributed by atoms with Crippen LogP contribution < -0.4 is 5.73 Å². The molecule has 1 atom stereocenters. The Balaban J connectivity index is 3.25. The monoisotopic (exact) mass is 197 g/mol. The van der Waals surface area contributed by atoms with Gasteiger partial charge in [-0.1, -0.05) is 30.7 Å². The van der Waals surface area contributed by atoms with E-state index in [1.54, 1.807) is 0 Å². The van der Waals surface area contributed by atoms with E-state index in [-0.39, 0.29) is 0 Å². The summed E-state index contributed by atoms with van der Waals surface area (Å²) in [4.78, 5) is 0. The van der Waals surface area contributed by atoms with Crippen LogP contribution in [0.25, 0.3) is 0 Å². The van der Waals surface area contributed by atoms with Crippen LogP contribution in [0.2, 0.25) is 5.02 Å². The zero-order chi connectivity index (χ0) is 10.0. The van der Waals surface area contributed by atoms with Crippen LogP contribution in [0.1, 0.15) is 29.5 Å². The van der Waals surface area contributed by atoms with Crippen LogP contribution >= 0.6 is 11.6 Å². The predicted octanol–water partition coefficient (Wildman–Crippen LogP) is 3.02. The van der Waals surface area contributed by atoms with Crippen LogP contribution in [0.3, 0.4) is 0 Å². The van der Waals surface area contributed by atoms with Crippen LogP contribution in [0, 0.1) is 13.8 Å². The molecule has 0 aliphatic rings. The summed E-state index contributed by atoms with van der Waals surface area (Å²) >= 11 is 6.22. The summed E-state index contributed by atoms with van der Waals surface area (Å²) in [5.41, 5.74) is 9.19. The highest BCUT2D eigenvalue weighted by Gasteiger charge is 2.12. The molecule has 0 fully saturated rings. The van der Waals surface area contributed by atoms with Gasteiger partial charge >= 0.3 is 0 Å². The molecule has 2 N–H and O–H groups in total. The minimum Gasteiger partial charge on any atom is -0.330 e. The van der Waals surface area contributed by atoms with Gasteiger partial charge in [-0.3, -0.25) is 0 Å². The molecule has 2 heteroatoms. The molecule has 0 saturated heterocycles. The van der Waals surface area contributed by atoms with Crippen molar-refractivity contribution < 1.29 is 0 Å². The number of hydrogen-bond acceptors (Lipinski definition) is 1. The first kappa shape index (κ1) is 10.6. The Morgan fingerprint density at radius 3 is 2.38 bits per heavy atom. The molecule has 0 spiro atoms. The largest absolute Gasteiger partial charge is 0.330 e. The first-order chi connectivity index (χ1) is 6.07. The zero-order valence-corrected chi connectivity index (χ0v) is 9.15. The molecular formula is C11H16ClN. The molecule has 72 valence electrons. The Labute approximate surface area is 84.9 Å². The first-order valence-corrected chi connectivity index (χ1v) is 4.91. The van der Waals surface area contributed by atoms with E-state index in [0.29, 0.717) is 12.5 Å². The summed E-state index contributed by atoms with van der Waals surface area (Å²) in [6.07, 6.45) is 0. The van der Waals surface area contributed by atoms with E-state index in [1.807, 2.05) is 13.0 Å². The maximum absolute atomic E-state index is 6.22.